The van der Waals surface area contributed by atoms with Gasteiger partial charge in [-0.25, -0.2) is 9.78 Å². The molecular weight excluding hydrogens is 548 g/mol. The van der Waals surface area contributed by atoms with E-state index >= 15 is 0 Å². The summed E-state index contributed by atoms with van der Waals surface area (Å²) in [7, 11) is 0. The lowest BCUT2D eigenvalue weighted by molar-refractivity contribution is -0.129. The summed E-state index contributed by atoms with van der Waals surface area (Å²) in [5.74, 6) is 2.22. The highest BCUT2D eigenvalue weighted by Gasteiger charge is 2.58. The summed E-state index contributed by atoms with van der Waals surface area (Å²) in [6.45, 7) is 6.75. The minimum Gasteiger partial charge on any atom is -0.434 e. The Morgan fingerprint density at radius 1 is 1.14 bits per heavy atom. The molecule has 0 radical (unpaired) electrons. The summed E-state index contributed by atoms with van der Waals surface area (Å²) >= 11 is 1.48. The molecule has 1 aromatic heterocycles. The molecular formula is C34H46N2O5S. The van der Waals surface area contributed by atoms with Crippen LogP contribution in [0.2, 0.25) is 0 Å². The number of benzene rings is 1. The van der Waals surface area contributed by atoms with Crippen molar-refractivity contribution in [3.05, 3.63) is 40.4 Å². The number of aromatic nitrogens is 1. The number of carbonyl (C=O) groups is 3. The third-order valence-corrected chi connectivity index (χ3v) is 10.9. The number of fused-ring (bicyclic) bond motifs is 5. The van der Waals surface area contributed by atoms with Gasteiger partial charge >= 0.3 is 6.16 Å². The lowest BCUT2D eigenvalue weighted by Crippen LogP contribution is -2.44. The fraction of sp³-hybridized carbons (Fsp3) is 0.647. The van der Waals surface area contributed by atoms with E-state index in [1.54, 1.807) is 6.20 Å². The van der Waals surface area contributed by atoms with E-state index in [2.05, 4.69) is 30.2 Å². The molecule has 3 aliphatic rings. The number of ketones is 1. The average Bonchev–Trinajstić information content (AvgIpc) is 3.49. The van der Waals surface area contributed by atoms with Gasteiger partial charge in [-0.05, 0) is 92.4 Å². The molecule has 5 rings (SSSR count). The zero-order chi connectivity index (χ0) is 29.7. The number of rotatable bonds is 12. The van der Waals surface area contributed by atoms with Gasteiger partial charge < -0.3 is 14.8 Å². The van der Waals surface area contributed by atoms with Crippen LogP contribution in [0.4, 0.5) is 9.93 Å². The summed E-state index contributed by atoms with van der Waals surface area (Å²) in [4.78, 5) is 43.6. The third-order valence-electron chi connectivity index (χ3n) is 10.1. The van der Waals surface area contributed by atoms with E-state index in [1.165, 1.54) is 48.1 Å². The molecule has 42 heavy (non-hydrogen) atoms. The Balaban J connectivity index is 1.18. The second kappa shape index (κ2) is 13.7. The Morgan fingerprint density at radius 2 is 1.95 bits per heavy atom. The monoisotopic (exact) mass is 594 g/mol. The number of Topliss-reactive ketones (excluding diaryl/α,β-unsaturated/α-hetero) is 1. The molecule has 2 fully saturated rings. The largest absolute Gasteiger partial charge is 0.513 e. The van der Waals surface area contributed by atoms with Gasteiger partial charge in [0.1, 0.15) is 11.5 Å². The molecule has 2 aromatic rings. The van der Waals surface area contributed by atoms with Crippen LogP contribution in [0, 0.1) is 30.1 Å². The van der Waals surface area contributed by atoms with Crippen molar-refractivity contribution in [2.75, 3.05) is 11.9 Å². The van der Waals surface area contributed by atoms with Gasteiger partial charge in [-0.1, -0.05) is 52.0 Å². The minimum atomic E-state index is -0.632. The number of carbonyl (C=O) groups excluding carboxylic acids is 3. The van der Waals surface area contributed by atoms with Crippen molar-refractivity contribution in [2.45, 2.75) is 110 Å². The third kappa shape index (κ3) is 6.90. The molecule has 1 amide bonds. The van der Waals surface area contributed by atoms with Crippen LogP contribution >= 0.6 is 11.3 Å². The number of ether oxygens (including phenoxy) is 2. The number of aryl methyl sites for hydroxylation is 2. The van der Waals surface area contributed by atoms with Crippen LogP contribution in [0.25, 0.3) is 0 Å². The van der Waals surface area contributed by atoms with E-state index < -0.39 is 6.16 Å². The number of thiazole rings is 1. The minimum absolute atomic E-state index is 0.0234. The summed E-state index contributed by atoms with van der Waals surface area (Å²) < 4.78 is 10.8. The van der Waals surface area contributed by atoms with Gasteiger partial charge in [-0.15, -0.1) is 11.3 Å². The van der Waals surface area contributed by atoms with E-state index in [0.29, 0.717) is 53.9 Å². The lowest BCUT2D eigenvalue weighted by Gasteiger charge is -2.50. The average molecular weight is 595 g/mol. The Kier molecular flexibility index (Phi) is 10.0. The highest BCUT2D eigenvalue weighted by Crippen LogP contribution is 2.62. The highest BCUT2D eigenvalue weighted by atomic mass is 32.1. The van der Waals surface area contributed by atoms with Gasteiger partial charge in [0.15, 0.2) is 5.13 Å². The molecule has 0 saturated heterocycles. The van der Waals surface area contributed by atoms with Crippen molar-refractivity contribution in [2.24, 2.45) is 23.2 Å². The normalized spacial score (nSPS) is 26.2. The Hall–Kier alpha value is -2.74. The summed E-state index contributed by atoms with van der Waals surface area (Å²) in [5.41, 5.74) is 2.27. The van der Waals surface area contributed by atoms with Gasteiger partial charge in [0.2, 0.25) is 5.91 Å². The smallest absolute Gasteiger partial charge is 0.434 e. The van der Waals surface area contributed by atoms with Crippen LogP contribution in [-0.4, -0.2) is 29.4 Å². The van der Waals surface area contributed by atoms with E-state index in [9.17, 15) is 14.4 Å². The Bertz CT molecular complexity index is 1270. The van der Waals surface area contributed by atoms with Crippen LogP contribution in [-0.2, 0) is 20.7 Å². The maximum absolute atomic E-state index is 13.3. The molecule has 0 spiro atoms. The van der Waals surface area contributed by atoms with Crippen LogP contribution in [0.5, 0.6) is 5.75 Å². The first-order valence-electron chi connectivity index (χ1n) is 16.0. The first kappa shape index (κ1) is 30.7. The van der Waals surface area contributed by atoms with Crippen molar-refractivity contribution >= 4 is 34.3 Å². The molecule has 0 bridgehead atoms. The van der Waals surface area contributed by atoms with Crippen LogP contribution in [0.3, 0.4) is 0 Å². The molecule has 7 nitrogen and oxygen atoms in total. The summed E-state index contributed by atoms with van der Waals surface area (Å²) in [6.07, 6.45) is 13.5. The SMILES string of the molecule is CCCCCCCCOC(=O)Oc1ccc2c(c1)CCC1C2CC[C@]2(C)C(=O)C[C@@H](CCC(=O)Nc3ncc(C)s3)C12. The predicted octanol–water partition coefficient (Wildman–Crippen LogP) is 8.40. The zero-order valence-corrected chi connectivity index (χ0v) is 26.2. The van der Waals surface area contributed by atoms with Gasteiger partial charge in [0, 0.05) is 29.3 Å². The molecule has 0 aliphatic heterocycles. The maximum atomic E-state index is 13.3. The van der Waals surface area contributed by atoms with Gasteiger partial charge in [-0.2, -0.15) is 0 Å². The van der Waals surface area contributed by atoms with Gasteiger partial charge in [0.05, 0.1) is 6.61 Å². The summed E-state index contributed by atoms with van der Waals surface area (Å²) in [5, 5.41) is 3.57. The van der Waals surface area contributed by atoms with Gasteiger partial charge in [0.25, 0.3) is 0 Å². The Morgan fingerprint density at radius 3 is 2.74 bits per heavy atom. The zero-order valence-electron chi connectivity index (χ0n) is 25.4. The van der Waals surface area contributed by atoms with Crippen molar-refractivity contribution in [3.63, 3.8) is 0 Å². The standard InChI is InChI=1S/C34H46N2O5S/c1-4-5-6-7-8-9-18-40-33(39)41-25-12-14-26-23(19-25)10-13-28-27(26)16-17-34(3)29(37)20-24(31(28)34)11-15-30(38)36-32-35-21-22(2)42-32/h12,14,19,21,24,27-28,31H,4-11,13,15-18,20H2,1-3H3,(H,35,36,38)/t24-,27?,28?,31?,34-/m1/s1. The number of unbranched alkanes of at least 4 members (excludes halogenated alkanes) is 5. The molecule has 5 atom stereocenters. The predicted molar refractivity (Wildman–Crippen MR) is 165 cm³/mol. The molecule has 8 heteroatoms. The second-order valence-corrected chi connectivity index (χ2v) is 14.1. The molecule has 1 aromatic carbocycles. The van der Waals surface area contributed by atoms with E-state index in [0.717, 1.165) is 49.8 Å². The number of nitrogens with zero attached hydrogens (tertiary/aromatic N) is 1. The van der Waals surface area contributed by atoms with Gasteiger partial charge in [-0.3, -0.25) is 9.59 Å². The molecule has 3 aliphatic carbocycles. The molecule has 3 unspecified atom stereocenters. The number of anilines is 1. The van der Waals surface area contributed by atoms with E-state index in [4.69, 9.17) is 9.47 Å². The molecule has 2 saturated carbocycles. The molecule has 1 N–H and O–H groups in total. The topological polar surface area (TPSA) is 94.6 Å². The highest BCUT2D eigenvalue weighted by molar-refractivity contribution is 7.15. The van der Waals surface area contributed by atoms with Crippen LogP contribution in [0.15, 0.2) is 24.4 Å². The van der Waals surface area contributed by atoms with Crippen LogP contribution in [0.1, 0.15) is 113 Å². The fourth-order valence-electron chi connectivity index (χ4n) is 8.02. The van der Waals surface area contributed by atoms with Crippen molar-refractivity contribution < 1.29 is 23.9 Å². The number of nitrogens with one attached hydrogen (secondary N) is 1. The van der Waals surface area contributed by atoms with Crippen molar-refractivity contribution in [3.8, 4) is 5.75 Å². The van der Waals surface area contributed by atoms with Crippen LogP contribution < -0.4 is 10.1 Å². The fourth-order valence-corrected chi connectivity index (χ4v) is 8.70. The maximum Gasteiger partial charge on any atom is 0.513 e. The summed E-state index contributed by atoms with van der Waals surface area (Å²) in [6, 6.07) is 6.02. The van der Waals surface area contributed by atoms with E-state index in [1.807, 2.05) is 19.1 Å². The Labute approximate surface area is 254 Å². The second-order valence-electron chi connectivity index (χ2n) is 12.9. The number of hydrogen-bond acceptors (Lipinski definition) is 7. The molecule has 228 valence electrons. The number of amides is 1. The van der Waals surface area contributed by atoms with Crippen molar-refractivity contribution in [1.82, 2.24) is 4.98 Å². The number of hydrogen-bond donors (Lipinski definition) is 1. The quantitative estimate of drug-likeness (QED) is 0.151. The molecule has 1 heterocycles. The van der Waals surface area contributed by atoms with E-state index in [-0.39, 0.29) is 17.2 Å². The lowest BCUT2D eigenvalue weighted by atomic mass is 9.54. The first-order chi connectivity index (χ1) is 20.3. The first-order valence-corrected chi connectivity index (χ1v) is 16.8. The van der Waals surface area contributed by atoms with Crippen molar-refractivity contribution in [1.29, 1.82) is 0 Å².